The molecule has 0 saturated carbocycles. The summed E-state index contributed by atoms with van der Waals surface area (Å²) in [5.41, 5.74) is 3.86. The number of ether oxygens (including phenoxy) is 2. The molecule has 4 aromatic rings. The number of halogens is 1. The number of fused-ring (bicyclic) bond motifs is 2. The van der Waals surface area contributed by atoms with E-state index in [2.05, 4.69) is 15.4 Å². The second-order valence-corrected chi connectivity index (χ2v) is 6.61. The fourth-order valence-corrected chi connectivity index (χ4v) is 3.23. The van der Waals surface area contributed by atoms with Gasteiger partial charge in [-0.2, -0.15) is 9.61 Å². The van der Waals surface area contributed by atoms with Gasteiger partial charge >= 0.3 is 0 Å². The molecule has 0 saturated heterocycles. The summed E-state index contributed by atoms with van der Waals surface area (Å²) in [4.78, 5) is 4.49. The Hall–Kier alpha value is -3.25. The van der Waals surface area contributed by atoms with Crippen molar-refractivity contribution in [2.75, 3.05) is 12.1 Å². The van der Waals surface area contributed by atoms with Crippen molar-refractivity contribution in [3.63, 3.8) is 0 Å². The number of benzene rings is 2. The smallest absolute Gasteiger partial charge is 0.231 e. The van der Waals surface area contributed by atoms with Crippen molar-refractivity contribution in [1.82, 2.24) is 14.6 Å². The number of nitrogens with zero attached hydrogens (tertiary/aromatic N) is 3. The number of hydrogen-bond acceptors (Lipinski definition) is 5. The molecule has 134 valence electrons. The minimum absolute atomic E-state index is 0.276. The maximum atomic E-state index is 5.99. The van der Waals surface area contributed by atoms with Gasteiger partial charge in [-0.05, 0) is 41.5 Å². The zero-order valence-electron chi connectivity index (χ0n) is 14.2. The molecular weight excluding hydrogens is 364 g/mol. The summed E-state index contributed by atoms with van der Waals surface area (Å²) < 4.78 is 12.6. The molecule has 0 amide bonds. The van der Waals surface area contributed by atoms with E-state index < -0.39 is 0 Å². The van der Waals surface area contributed by atoms with Gasteiger partial charge in [0.25, 0.3) is 0 Å². The van der Waals surface area contributed by atoms with Crippen LogP contribution < -0.4 is 14.8 Å². The van der Waals surface area contributed by atoms with Gasteiger partial charge < -0.3 is 14.8 Å². The number of anilines is 1. The largest absolute Gasteiger partial charge is 0.454 e. The topological polar surface area (TPSA) is 60.7 Å². The van der Waals surface area contributed by atoms with Crippen LogP contribution in [0.1, 0.15) is 5.56 Å². The second-order valence-electron chi connectivity index (χ2n) is 6.17. The molecule has 0 fully saturated rings. The van der Waals surface area contributed by atoms with Gasteiger partial charge in [-0.15, -0.1) is 0 Å². The third-order valence-corrected chi connectivity index (χ3v) is 4.72. The summed E-state index contributed by atoms with van der Waals surface area (Å²) in [6.07, 6.45) is 3.59. The van der Waals surface area contributed by atoms with Crippen molar-refractivity contribution in [1.29, 1.82) is 0 Å². The molecule has 0 aliphatic carbocycles. The Kier molecular flexibility index (Phi) is 3.83. The minimum Gasteiger partial charge on any atom is -0.454 e. The van der Waals surface area contributed by atoms with Crippen LogP contribution in [0.3, 0.4) is 0 Å². The van der Waals surface area contributed by atoms with Crippen molar-refractivity contribution in [2.45, 2.75) is 6.54 Å². The molecule has 2 aromatic heterocycles. The lowest BCUT2D eigenvalue weighted by atomic mass is 10.1. The fourth-order valence-electron chi connectivity index (χ4n) is 3.10. The molecule has 5 rings (SSSR count). The van der Waals surface area contributed by atoms with E-state index in [-0.39, 0.29) is 6.79 Å². The van der Waals surface area contributed by atoms with E-state index in [0.717, 1.165) is 39.7 Å². The molecule has 3 heterocycles. The summed E-state index contributed by atoms with van der Waals surface area (Å²) in [5, 5.41) is 8.62. The van der Waals surface area contributed by atoms with Gasteiger partial charge in [-0.3, -0.25) is 0 Å². The molecular formula is C20H15ClN4O2. The van der Waals surface area contributed by atoms with Crippen LogP contribution in [0.4, 0.5) is 5.82 Å². The van der Waals surface area contributed by atoms with Gasteiger partial charge in [0.05, 0.1) is 6.20 Å². The molecule has 0 unspecified atom stereocenters. The lowest BCUT2D eigenvalue weighted by Gasteiger charge is -2.09. The molecule has 0 spiro atoms. The maximum absolute atomic E-state index is 5.99. The van der Waals surface area contributed by atoms with E-state index in [1.54, 1.807) is 10.7 Å². The molecule has 1 aliphatic heterocycles. The van der Waals surface area contributed by atoms with Crippen LogP contribution in [0.15, 0.2) is 60.9 Å². The predicted molar refractivity (Wildman–Crippen MR) is 103 cm³/mol. The van der Waals surface area contributed by atoms with Crippen molar-refractivity contribution in [3.8, 4) is 22.6 Å². The van der Waals surface area contributed by atoms with E-state index in [9.17, 15) is 0 Å². The number of hydrogen-bond donors (Lipinski definition) is 1. The summed E-state index contributed by atoms with van der Waals surface area (Å²) in [5.74, 6) is 2.42. The summed E-state index contributed by atoms with van der Waals surface area (Å²) in [6.45, 7) is 0.907. The highest BCUT2D eigenvalue weighted by molar-refractivity contribution is 6.30. The first kappa shape index (κ1) is 16.0. The van der Waals surface area contributed by atoms with Crippen LogP contribution in [0.25, 0.3) is 16.8 Å². The first-order valence-electron chi connectivity index (χ1n) is 8.49. The van der Waals surface area contributed by atoms with Crippen LogP contribution >= 0.6 is 11.6 Å². The van der Waals surface area contributed by atoms with Gasteiger partial charge in [0.2, 0.25) is 6.79 Å². The Morgan fingerprint density at radius 2 is 1.89 bits per heavy atom. The van der Waals surface area contributed by atoms with Gasteiger partial charge in [-0.25, -0.2) is 4.98 Å². The molecule has 6 nitrogen and oxygen atoms in total. The van der Waals surface area contributed by atoms with E-state index in [0.29, 0.717) is 11.6 Å². The summed E-state index contributed by atoms with van der Waals surface area (Å²) >= 11 is 5.99. The van der Waals surface area contributed by atoms with Crippen LogP contribution in [0, 0.1) is 0 Å². The van der Waals surface area contributed by atoms with E-state index in [4.69, 9.17) is 21.1 Å². The maximum Gasteiger partial charge on any atom is 0.231 e. The Morgan fingerprint density at radius 3 is 2.78 bits per heavy atom. The lowest BCUT2D eigenvalue weighted by molar-refractivity contribution is 0.174. The van der Waals surface area contributed by atoms with Crippen molar-refractivity contribution < 1.29 is 9.47 Å². The average molecular weight is 379 g/mol. The van der Waals surface area contributed by atoms with Crippen molar-refractivity contribution >= 4 is 23.1 Å². The Balaban J connectivity index is 1.43. The van der Waals surface area contributed by atoms with Crippen molar-refractivity contribution in [3.05, 3.63) is 71.5 Å². The van der Waals surface area contributed by atoms with Crippen LogP contribution in [-0.4, -0.2) is 21.4 Å². The number of aromatic nitrogens is 3. The normalized spacial score (nSPS) is 12.5. The summed E-state index contributed by atoms with van der Waals surface area (Å²) in [6, 6.07) is 15.5. The number of nitrogens with one attached hydrogen (secondary N) is 1. The van der Waals surface area contributed by atoms with Gasteiger partial charge in [-0.1, -0.05) is 29.8 Å². The van der Waals surface area contributed by atoms with Gasteiger partial charge in [0.15, 0.2) is 17.1 Å². The molecule has 1 aliphatic rings. The van der Waals surface area contributed by atoms with Crippen molar-refractivity contribution in [2.24, 2.45) is 0 Å². The zero-order valence-corrected chi connectivity index (χ0v) is 15.0. The third kappa shape index (κ3) is 2.94. The summed E-state index contributed by atoms with van der Waals surface area (Å²) in [7, 11) is 0. The molecule has 0 atom stereocenters. The SMILES string of the molecule is Clc1ccc(-c2cnn3c(NCc4ccc5c(c4)OCO5)ccnc23)cc1. The van der Waals surface area contributed by atoms with Gasteiger partial charge in [0, 0.05) is 23.3 Å². The highest BCUT2D eigenvalue weighted by atomic mass is 35.5. The van der Waals surface area contributed by atoms with Crippen LogP contribution in [-0.2, 0) is 6.54 Å². The number of rotatable bonds is 4. The predicted octanol–water partition coefficient (Wildman–Crippen LogP) is 4.39. The molecule has 7 heteroatoms. The van der Waals surface area contributed by atoms with E-state index >= 15 is 0 Å². The zero-order chi connectivity index (χ0) is 18.2. The highest BCUT2D eigenvalue weighted by Crippen LogP contribution is 2.32. The van der Waals surface area contributed by atoms with E-state index in [1.807, 2.05) is 54.7 Å². The Morgan fingerprint density at radius 1 is 1.04 bits per heavy atom. The quantitative estimate of drug-likeness (QED) is 0.570. The first-order chi connectivity index (χ1) is 13.3. The Bertz CT molecular complexity index is 1120. The minimum atomic E-state index is 0.276. The molecule has 0 radical (unpaired) electrons. The lowest BCUT2D eigenvalue weighted by Crippen LogP contribution is -2.05. The molecule has 0 bridgehead atoms. The molecule has 2 aromatic carbocycles. The highest BCUT2D eigenvalue weighted by Gasteiger charge is 2.14. The monoisotopic (exact) mass is 378 g/mol. The third-order valence-electron chi connectivity index (χ3n) is 4.47. The Labute approximate surface area is 160 Å². The average Bonchev–Trinajstić information content (AvgIpc) is 3.33. The standard InChI is InChI=1S/C20H15ClN4O2/c21-15-4-2-14(3-5-15)16-11-24-25-19(7-8-22-20(16)25)23-10-13-1-6-17-18(9-13)27-12-26-17/h1-9,11,23H,10,12H2. The first-order valence-corrected chi connectivity index (χ1v) is 8.87. The van der Waals surface area contributed by atoms with Crippen LogP contribution in [0.2, 0.25) is 5.02 Å². The fraction of sp³-hybridized carbons (Fsp3) is 0.100. The molecule has 27 heavy (non-hydrogen) atoms. The van der Waals surface area contributed by atoms with Gasteiger partial charge in [0.1, 0.15) is 5.82 Å². The molecule has 1 N–H and O–H groups in total. The van der Waals surface area contributed by atoms with Crippen LogP contribution in [0.5, 0.6) is 11.5 Å². The van der Waals surface area contributed by atoms with E-state index in [1.165, 1.54) is 0 Å². The second kappa shape index (κ2) is 6.48.